The summed E-state index contributed by atoms with van der Waals surface area (Å²) in [4.78, 5) is 0. The number of benzene rings is 1. The van der Waals surface area contributed by atoms with Crippen molar-refractivity contribution in [2.24, 2.45) is 5.92 Å². The van der Waals surface area contributed by atoms with Crippen molar-refractivity contribution >= 4 is 11.6 Å². The fourth-order valence-corrected chi connectivity index (χ4v) is 2.02. The number of rotatable bonds is 10. The van der Waals surface area contributed by atoms with E-state index in [0.717, 1.165) is 30.3 Å². The molecule has 0 fully saturated rings. The van der Waals surface area contributed by atoms with Crippen LogP contribution in [0.1, 0.15) is 32.4 Å². The lowest BCUT2D eigenvalue weighted by Crippen LogP contribution is -2.24. The number of nitrogens with one attached hydrogen (secondary N) is 1. The van der Waals surface area contributed by atoms with Gasteiger partial charge in [0.25, 0.3) is 0 Å². The van der Waals surface area contributed by atoms with Crippen molar-refractivity contribution in [2.75, 3.05) is 32.9 Å². The standard InChI is InChI=1S/C16H26ClNO2/c1-4-18-11-16(14-6-5-7-15(17)10-14)20-9-8-19-12-13(2)3/h5-7,10,13,16,18H,4,8-9,11-12H2,1-3H3. The summed E-state index contributed by atoms with van der Waals surface area (Å²) < 4.78 is 11.5. The molecule has 1 rings (SSSR count). The maximum atomic E-state index is 6.04. The van der Waals surface area contributed by atoms with Crippen LogP contribution in [0.3, 0.4) is 0 Å². The summed E-state index contributed by atoms with van der Waals surface area (Å²) in [6, 6.07) is 7.83. The molecule has 0 spiro atoms. The minimum atomic E-state index is 0.0105. The van der Waals surface area contributed by atoms with Crippen LogP contribution in [0.5, 0.6) is 0 Å². The molecule has 1 unspecified atom stereocenters. The Kier molecular flexibility index (Phi) is 8.86. The maximum absolute atomic E-state index is 6.04. The summed E-state index contributed by atoms with van der Waals surface area (Å²) in [5.41, 5.74) is 1.10. The predicted molar refractivity (Wildman–Crippen MR) is 84.3 cm³/mol. The van der Waals surface area contributed by atoms with Crippen LogP contribution in [-0.4, -0.2) is 32.9 Å². The van der Waals surface area contributed by atoms with Crippen molar-refractivity contribution in [3.63, 3.8) is 0 Å². The van der Waals surface area contributed by atoms with Crippen LogP contribution in [0.25, 0.3) is 0 Å². The van der Waals surface area contributed by atoms with Crippen molar-refractivity contribution < 1.29 is 9.47 Å². The third kappa shape index (κ3) is 7.25. The highest BCUT2D eigenvalue weighted by molar-refractivity contribution is 6.30. The number of hydrogen-bond donors (Lipinski definition) is 1. The van der Waals surface area contributed by atoms with Gasteiger partial charge in [0.1, 0.15) is 0 Å². The van der Waals surface area contributed by atoms with Crippen LogP contribution in [0.2, 0.25) is 5.02 Å². The molecule has 0 amide bonds. The van der Waals surface area contributed by atoms with Crippen LogP contribution >= 0.6 is 11.6 Å². The van der Waals surface area contributed by atoms with Crippen molar-refractivity contribution in [1.82, 2.24) is 5.32 Å². The van der Waals surface area contributed by atoms with Crippen LogP contribution in [0.15, 0.2) is 24.3 Å². The Labute approximate surface area is 127 Å². The second kappa shape index (κ2) is 10.2. The Morgan fingerprint density at radius 1 is 1.25 bits per heavy atom. The molecule has 20 heavy (non-hydrogen) atoms. The third-order valence-electron chi connectivity index (χ3n) is 2.80. The summed E-state index contributed by atoms with van der Waals surface area (Å²) in [7, 11) is 0. The van der Waals surface area contributed by atoms with E-state index in [1.165, 1.54) is 0 Å². The summed E-state index contributed by atoms with van der Waals surface area (Å²) >= 11 is 6.04. The molecule has 0 saturated carbocycles. The molecule has 0 saturated heterocycles. The van der Waals surface area contributed by atoms with E-state index in [2.05, 4.69) is 26.1 Å². The third-order valence-corrected chi connectivity index (χ3v) is 3.03. The maximum Gasteiger partial charge on any atom is 0.0950 e. The van der Waals surface area contributed by atoms with E-state index in [0.29, 0.717) is 19.1 Å². The number of likely N-dealkylation sites (N-methyl/N-ethyl adjacent to an activating group) is 1. The Balaban J connectivity index is 2.44. The molecule has 3 nitrogen and oxygen atoms in total. The minimum Gasteiger partial charge on any atom is -0.379 e. The lowest BCUT2D eigenvalue weighted by atomic mass is 10.1. The quantitative estimate of drug-likeness (QED) is 0.669. The average molecular weight is 300 g/mol. The molecule has 4 heteroatoms. The second-order valence-corrected chi connectivity index (χ2v) is 5.63. The lowest BCUT2D eigenvalue weighted by Gasteiger charge is -2.19. The van der Waals surface area contributed by atoms with Gasteiger partial charge < -0.3 is 14.8 Å². The molecule has 1 atom stereocenters. The van der Waals surface area contributed by atoms with Gasteiger partial charge in [-0.25, -0.2) is 0 Å². The fourth-order valence-electron chi connectivity index (χ4n) is 1.82. The van der Waals surface area contributed by atoms with Crippen molar-refractivity contribution in [3.05, 3.63) is 34.9 Å². The molecule has 0 aromatic heterocycles. The Morgan fingerprint density at radius 3 is 2.70 bits per heavy atom. The monoisotopic (exact) mass is 299 g/mol. The number of ether oxygens (including phenoxy) is 2. The first-order valence-electron chi connectivity index (χ1n) is 7.29. The largest absolute Gasteiger partial charge is 0.379 e. The molecule has 0 radical (unpaired) electrons. The average Bonchev–Trinajstić information content (AvgIpc) is 2.41. The highest BCUT2D eigenvalue weighted by Crippen LogP contribution is 2.20. The van der Waals surface area contributed by atoms with Crippen molar-refractivity contribution in [3.8, 4) is 0 Å². The normalized spacial score (nSPS) is 12.8. The van der Waals surface area contributed by atoms with E-state index in [1.54, 1.807) is 0 Å². The lowest BCUT2D eigenvalue weighted by molar-refractivity contribution is -0.00112. The summed E-state index contributed by atoms with van der Waals surface area (Å²) in [6.45, 7) is 10.1. The van der Waals surface area contributed by atoms with Gasteiger partial charge in [0.2, 0.25) is 0 Å². The van der Waals surface area contributed by atoms with Crippen molar-refractivity contribution in [1.29, 1.82) is 0 Å². The molecule has 1 aromatic carbocycles. The highest BCUT2D eigenvalue weighted by atomic mass is 35.5. The van der Waals surface area contributed by atoms with Gasteiger partial charge in [-0.2, -0.15) is 0 Å². The Bertz CT molecular complexity index is 371. The summed E-state index contributed by atoms with van der Waals surface area (Å²) in [5.74, 6) is 0.556. The van der Waals surface area contributed by atoms with Gasteiger partial charge in [0, 0.05) is 18.2 Å². The summed E-state index contributed by atoms with van der Waals surface area (Å²) in [5, 5.41) is 4.06. The molecule has 1 N–H and O–H groups in total. The Morgan fingerprint density at radius 2 is 2.05 bits per heavy atom. The SMILES string of the molecule is CCNCC(OCCOCC(C)C)c1cccc(Cl)c1. The molecular weight excluding hydrogens is 274 g/mol. The van der Waals surface area contributed by atoms with Crippen LogP contribution in [0, 0.1) is 5.92 Å². The topological polar surface area (TPSA) is 30.5 Å². The van der Waals surface area contributed by atoms with E-state index in [4.69, 9.17) is 21.1 Å². The van der Waals surface area contributed by atoms with Gasteiger partial charge in [0.05, 0.1) is 19.3 Å². The molecule has 114 valence electrons. The van der Waals surface area contributed by atoms with E-state index in [1.807, 2.05) is 24.3 Å². The molecule has 0 heterocycles. The first-order valence-corrected chi connectivity index (χ1v) is 7.66. The van der Waals surface area contributed by atoms with Gasteiger partial charge in [0.15, 0.2) is 0 Å². The van der Waals surface area contributed by atoms with Crippen LogP contribution in [0.4, 0.5) is 0 Å². The van der Waals surface area contributed by atoms with Gasteiger partial charge in [-0.05, 0) is 30.2 Å². The zero-order valence-corrected chi connectivity index (χ0v) is 13.5. The highest BCUT2D eigenvalue weighted by Gasteiger charge is 2.11. The first kappa shape index (κ1) is 17.4. The van der Waals surface area contributed by atoms with E-state index >= 15 is 0 Å². The fraction of sp³-hybridized carbons (Fsp3) is 0.625. The molecular formula is C16H26ClNO2. The number of halogens is 1. The minimum absolute atomic E-state index is 0.0105. The zero-order chi connectivity index (χ0) is 14.8. The van der Waals surface area contributed by atoms with Crippen LogP contribution < -0.4 is 5.32 Å². The summed E-state index contributed by atoms with van der Waals surface area (Å²) in [6.07, 6.45) is 0.0105. The predicted octanol–water partition coefficient (Wildman–Crippen LogP) is 3.68. The molecule has 1 aromatic rings. The van der Waals surface area contributed by atoms with Gasteiger partial charge >= 0.3 is 0 Å². The molecule has 0 aliphatic carbocycles. The van der Waals surface area contributed by atoms with Gasteiger partial charge in [-0.3, -0.25) is 0 Å². The van der Waals surface area contributed by atoms with E-state index < -0.39 is 0 Å². The Hall–Kier alpha value is -0.610. The molecule has 0 bridgehead atoms. The van der Waals surface area contributed by atoms with E-state index in [9.17, 15) is 0 Å². The van der Waals surface area contributed by atoms with E-state index in [-0.39, 0.29) is 6.10 Å². The van der Waals surface area contributed by atoms with Crippen LogP contribution in [-0.2, 0) is 9.47 Å². The smallest absolute Gasteiger partial charge is 0.0950 e. The van der Waals surface area contributed by atoms with Gasteiger partial charge in [-0.15, -0.1) is 0 Å². The second-order valence-electron chi connectivity index (χ2n) is 5.19. The molecule has 0 aliphatic heterocycles. The first-order chi connectivity index (χ1) is 9.63. The van der Waals surface area contributed by atoms with Gasteiger partial charge in [-0.1, -0.05) is 44.5 Å². The van der Waals surface area contributed by atoms with Crippen molar-refractivity contribution in [2.45, 2.75) is 26.9 Å². The number of hydrogen-bond acceptors (Lipinski definition) is 3. The zero-order valence-electron chi connectivity index (χ0n) is 12.7. The molecule has 0 aliphatic rings.